The third kappa shape index (κ3) is 5.22. The number of nitrogens with zero attached hydrogens (tertiary/aromatic N) is 1. The molecule has 0 aliphatic rings. The fraction of sp³-hybridized carbons (Fsp3) is 0.667. The van der Waals surface area contributed by atoms with E-state index >= 15 is 0 Å². The number of rotatable bonds is 3. The summed E-state index contributed by atoms with van der Waals surface area (Å²) in [5.74, 6) is -1.54. The van der Waals surface area contributed by atoms with Crippen LogP contribution in [-0.2, 0) is 9.53 Å². The zero-order chi connectivity index (χ0) is 11.4. The molecule has 8 heteroatoms. The maximum Gasteiger partial charge on any atom is 0.410 e. The van der Waals surface area contributed by atoms with E-state index in [4.69, 9.17) is 5.11 Å². The Balaban J connectivity index is 4.40. The Morgan fingerprint density at radius 2 is 1.93 bits per heavy atom. The van der Waals surface area contributed by atoms with Crippen LogP contribution >= 0.6 is 0 Å². The first-order valence-corrected chi connectivity index (χ1v) is 3.37. The van der Waals surface area contributed by atoms with Gasteiger partial charge in [0, 0.05) is 0 Å². The summed E-state index contributed by atoms with van der Waals surface area (Å²) in [7, 11) is 0.869. The number of methoxy groups -OCH3 is 1. The van der Waals surface area contributed by atoms with E-state index in [9.17, 15) is 22.8 Å². The number of carboxylic acid groups (broad SMARTS) is 1. The number of carbonyl (C=O) groups excluding carboxylic acids is 1. The summed E-state index contributed by atoms with van der Waals surface area (Å²) in [6, 6.07) is 0. The molecule has 1 amide bonds. The minimum atomic E-state index is -4.65. The van der Waals surface area contributed by atoms with Crippen LogP contribution in [0.3, 0.4) is 0 Å². The van der Waals surface area contributed by atoms with Gasteiger partial charge in [-0.05, 0) is 0 Å². The molecule has 0 heterocycles. The predicted octanol–water partition coefficient (Wildman–Crippen LogP) is 0.702. The number of ether oxygens (including phenoxy) is 1. The Labute approximate surface area is 77.1 Å². The molecule has 0 radical (unpaired) electrons. The zero-order valence-electron chi connectivity index (χ0n) is 7.17. The maximum absolute atomic E-state index is 11.8. The molecule has 0 spiro atoms. The minimum Gasteiger partial charge on any atom is -0.480 e. The second kappa shape index (κ2) is 4.68. The highest BCUT2D eigenvalue weighted by atomic mass is 19.4. The zero-order valence-corrected chi connectivity index (χ0v) is 7.17. The standard InChI is InChI=1S/C6H8F3NO4/c1-14-5(13)10(2-4(11)12)3-6(7,8)9/h2-3H2,1H3,(H,11,12). The van der Waals surface area contributed by atoms with Gasteiger partial charge in [-0.15, -0.1) is 0 Å². The van der Waals surface area contributed by atoms with Gasteiger partial charge < -0.3 is 9.84 Å². The lowest BCUT2D eigenvalue weighted by Gasteiger charge is -2.20. The highest BCUT2D eigenvalue weighted by molar-refractivity contribution is 5.76. The molecule has 0 fully saturated rings. The first-order valence-electron chi connectivity index (χ1n) is 3.37. The van der Waals surface area contributed by atoms with Gasteiger partial charge in [-0.1, -0.05) is 0 Å². The molecule has 0 aromatic carbocycles. The summed E-state index contributed by atoms with van der Waals surface area (Å²) >= 11 is 0. The van der Waals surface area contributed by atoms with Crippen molar-refractivity contribution in [3.8, 4) is 0 Å². The number of hydrogen-bond acceptors (Lipinski definition) is 3. The van der Waals surface area contributed by atoms with Gasteiger partial charge in [-0.3, -0.25) is 9.69 Å². The molecule has 0 aromatic heterocycles. The average Bonchev–Trinajstić information content (AvgIpc) is 1.98. The van der Waals surface area contributed by atoms with Crippen LogP contribution in [0.15, 0.2) is 0 Å². The van der Waals surface area contributed by atoms with Crippen molar-refractivity contribution >= 4 is 12.1 Å². The van der Waals surface area contributed by atoms with Crippen LogP contribution in [0.4, 0.5) is 18.0 Å². The number of carboxylic acids is 1. The monoisotopic (exact) mass is 215 g/mol. The molecule has 0 atom stereocenters. The fourth-order valence-corrected chi connectivity index (χ4v) is 0.694. The van der Waals surface area contributed by atoms with Gasteiger partial charge in [-0.25, -0.2) is 4.79 Å². The molecular weight excluding hydrogens is 207 g/mol. The SMILES string of the molecule is COC(=O)N(CC(=O)O)CC(F)(F)F. The molecular formula is C6H8F3NO4. The lowest BCUT2D eigenvalue weighted by Crippen LogP contribution is -2.41. The topological polar surface area (TPSA) is 66.8 Å². The molecule has 0 unspecified atom stereocenters. The molecule has 0 rings (SSSR count). The van der Waals surface area contributed by atoms with Crippen LogP contribution in [0.2, 0.25) is 0 Å². The molecule has 0 aliphatic heterocycles. The van der Waals surface area contributed by atoms with Crippen molar-refractivity contribution in [1.29, 1.82) is 0 Å². The highest BCUT2D eigenvalue weighted by Crippen LogP contribution is 2.16. The quantitative estimate of drug-likeness (QED) is 0.752. The summed E-state index contributed by atoms with van der Waals surface area (Å²) in [6.45, 7) is -2.70. The Hall–Kier alpha value is -1.47. The fourth-order valence-electron chi connectivity index (χ4n) is 0.694. The van der Waals surface area contributed by atoms with E-state index in [0.29, 0.717) is 0 Å². The molecule has 82 valence electrons. The van der Waals surface area contributed by atoms with Crippen molar-refractivity contribution in [3.63, 3.8) is 0 Å². The van der Waals surface area contributed by atoms with Crippen LogP contribution in [-0.4, -0.2) is 48.4 Å². The Bertz CT molecular complexity index is 228. The maximum atomic E-state index is 11.8. The van der Waals surface area contributed by atoms with Crippen molar-refractivity contribution in [2.45, 2.75) is 6.18 Å². The van der Waals surface area contributed by atoms with Gasteiger partial charge in [0.2, 0.25) is 0 Å². The van der Waals surface area contributed by atoms with E-state index in [1.165, 1.54) is 0 Å². The van der Waals surface area contributed by atoms with Crippen LogP contribution in [0.5, 0.6) is 0 Å². The van der Waals surface area contributed by atoms with Gasteiger partial charge in [-0.2, -0.15) is 13.2 Å². The Kier molecular flexibility index (Phi) is 4.19. The second-order valence-corrected chi connectivity index (χ2v) is 2.34. The van der Waals surface area contributed by atoms with Gasteiger partial charge in [0.15, 0.2) is 0 Å². The van der Waals surface area contributed by atoms with E-state index < -0.39 is 31.3 Å². The number of carbonyl (C=O) groups is 2. The van der Waals surface area contributed by atoms with E-state index in [-0.39, 0.29) is 4.90 Å². The van der Waals surface area contributed by atoms with E-state index in [0.717, 1.165) is 7.11 Å². The van der Waals surface area contributed by atoms with Crippen molar-refractivity contribution in [3.05, 3.63) is 0 Å². The average molecular weight is 215 g/mol. The number of amides is 1. The lowest BCUT2D eigenvalue weighted by molar-refractivity contribution is -0.150. The third-order valence-electron chi connectivity index (χ3n) is 1.13. The van der Waals surface area contributed by atoms with Crippen LogP contribution < -0.4 is 0 Å². The number of alkyl halides is 3. The summed E-state index contributed by atoms with van der Waals surface area (Å²) in [4.78, 5) is 20.8. The molecule has 14 heavy (non-hydrogen) atoms. The lowest BCUT2D eigenvalue weighted by atomic mass is 10.5. The van der Waals surface area contributed by atoms with Gasteiger partial charge in [0.05, 0.1) is 7.11 Å². The van der Waals surface area contributed by atoms with E-state index in [1.807, 2.05) is 0 Å². The van der Waals surface area contributed by atoms with Gasteiger partial charge in [0.25, 0.3) is 0 Å². The summed E-state index contributed by atoms with van der Waals surface area (Å²) < 4.78 is 39.4. The van der Waals surface area contributed by atoms with E-state index in [1.54, 1.807) is 0 Å². The normalized spacial score (nSPS) is 10.9. The molecule has 0 saturated carbocycles. The number of aliphatic carboxylic acids is 1. The first-order chi connectivity index (χ1) is 6.26. The molecule has 0 bridgehead atoms. The van der Waals surface area contributed by atoms with Crippen LogP contribution in [0, 0.1) is 0 Å². The predicted molar refractivity (Wildman–Crippen MR) is 37.7 cm³/mol. The molecule has 0 saturated heterocycles. The summed E-state index contributed by atoms with van der Waals surface area (Å²) in [5, 5.41) is 8.21. The number of halogens is 3. The molecule has 1 N–H and O–H groups in total. The third-order valence-corrected chi connectivity index (χ3v) is 1.13. The molecule has 5 nitrogen and oxygen atoms in total. The smallest absolute Gasteiger partial charge is 0.410 e. The van der Waals surface area contributed by atoms with Gasteiger partial charge in [0.1, 0.15) is 13.1 Å². The van der Waals surface area contributed by atoms with Gasteiger partial charge >= 0.3 is 18.2 Å². The largest absolute Gasteiger partial charge is 0.480 e. The first kappa shape index (κ1) is 12.5. The molecule has 0 aliphatic carbocycles. The highest BCUT2D eigenvalue weighted by Gasteiger charge is 2.34. The Morgan fingerprint density at radius 1 is 1.43 bits per heavy atom. The van der Waals surface area contributed by atoms with Crippen molar-refractivity contribution < 1.29 is 32.6 Å². The summed E-state index contributed by atoms with van der Waals surface area (Å²) in [6.07, 6.45) is -5.98. The summed E-state index contributed by atoms with van der Waals surface area (Å²) in [5.41, 5.74) is 0. The minimum absolute atomic E-state index is 0.0440. The Morgan fingerprint density at radius 3 is 2.21 bits per heavy atom. The van der Waals surface area contributed by atoms with Crippen molar-refractivity contribution in [1.82, 2.24) is 4.90 Å². The van der Waals surface area contributed by atoms with E-state index in [2.05, 4.69) is 4.74 Å². The second-order valence-electron chi connectivity index (χ2n) is 2.34. The van der Waals surface area contributed by atoms with Crippen molar-refractivity contribution in [2.75, 3.05) is 20.2 Å². The van der Waals surface area contributed by atoms with Crippen molar-refractivity contribution in [2.24, 2.45) is 0 Å². The van der Waals surface area contributed by atoms with Crippen LogP contribution in [0.25, 0.3) is 0 Å². The van der Waals surface area contributed by atoms with Crippen LogP contribution in [0.1, 0.15) is 0 Å². The number of hydrogen-bond donors (Lipinski definition) is 1. The molecule has 0 aromatic rings.